The number of benzene rings is 1. The van der Waals surface area contributed by atoms with Crippen molar-refractivity contribution in [3.8, 4) is 0 Å². The molecule has 1 unspecified atom stereocenters. The van der Waals surface area contributed by atoms with Crippen LogP contribution in [-0.2, 0) is 7.05 Å². The van der Waals surface area contributed by atoms with Gasteiger partial charge in [-0.05, 0) is 30.7 Å². The van der Waals surface area contributed by atoms with Crippen molar-refractivity contribution in [3.05, 3.63) is 57.5 Å². The van der Waals surface area contributed by atoms with Crippen LogP contribution in [0.1, 0.15) is 23.7 Å². The number of aryl methyl sites for hydroxylation is 1. The van der Waals surface area contributed by atoms with Crippen molar-refractivity contribution in [3.63, 3.8) is 0 Å². The van der Waals surface area contributed by atoms with Crippen LogP contribution in [0.5, 0.6) is 0 Å². The molecule has 0 bridgehead atoms. The smallest absolute Gasteiger partial charge is 0.259 e. The molecule has 3 rings (SSSR count). The molecule has 1 atom stereocenters. The van der Waals surface area contributed by atoms with E-state index < -0.39 is 0 Å². The summed E-state index contributed by atoms with van der Waals surface area (Å²) in [5.41, 5.74) is 1.20. The largest absolute Gasteiger partial charge is 0.318 e. The predicted molar refractivity (Wildman–Crippen MR) is 94.7 cm³/mol. The van der Waals surface area contributed by atoms with Gasteiger partial charge in [-0.1, -0.05) is 18.5 Å². The Morgan fingerprint density at radius 2 is 2.09 bits per heavy atom. The number of thioether (sulfide) groups is 1. The van der Waals surface area contributed by atoms with E-state index in [-0.39, 0.29) is 11.5 Å². The summed E-state index contributed by atoms with van der Waals surface area (Å²) in [6.45, 7) is 2.78. The van der Waals surface area contributed by atoms with E-state index in [1.165, 1.54) is 10.6 Å². The molecule has 0 fully saturated rings. The zero-order valence-corrected chi connectivity index (χ0v) is 14.5. The SMILES string of the molecule is CC1CCN(C(=O)c2ccc(=O)n(C)c2)c2cc(Cl)ccc2S1. The maximum absolute atomic E-state index is 13.0. The molecule has 1 aliphatic heterocycles. The predicted octanol–water partition coefficient (Wildman–Crippen LogP) is 3.57. The molecule has 1 aliphatic rings. The molecule has 1 aromatic heterocycles. The average molecular weight is 349 g/mol. The van der Waals surface area contributed by atoms with Gasteiger partial charge in [-0.2, -0.15) is 0 Å². The van der Waals surface area contributed by atoms with E-state index >= 15 is 0 Å². The molecule has 0 aliphatic carbocycles. The van der Waals surface area contributed by atoms with Crippen molar-refractivity contribution in [2.24, 2.45) is 7.05 Å². The van der Waals surface area contributed by atoms with Crippen molar-refractivity contribution in [2.75, 3.05) is 11.4 Å². The second-order valence-corrected chi connectivity index (χ2v) is 7.57. The minimum atomic E-state index is -0.134. The Morgan fingerprint density at radius 3 is 2.83 bits per heavy atom. The number of carbonyl (C=O) groups excluding carboxylic acids is 1. The highest BCUT2D eigenvalue weighted by atomic mass is 35.5. The van der Waals surface area contributed by atoms with Crippen LogP contribution in [0.2, 0.25) is 5.02 Å². The number of nitrogens with zero attached hydrogens (tertiary/aromatic N) is 2. The minimum Gasteiger partial charge on any atom is -0.318 e. The molecule has 1 amide bonds. The normalized spacial score (nSPS) is 17.5. The summed E-state index contributed by atoms with van der Waals surface area (Å²) >= 11 is 7.89. The Morgan fingerprint density at radius 1 is 1.30 bits per heavy atom. The Balaban J connectivity index is 2.04. The summed E-state index contributed by atoms with van der Waals surface area (Å²) in [7, 11) is 1.64. The van der Waals surface area contributed by atoms with Gasteiger partial charge in [0.25, 0.3) is 5.91 Å². The van der Waals surface area contributed by atoms with Gasteiger partial charge in [-0.25, -0.2) is 0 Å². The number of hydrogen-bond donors (Lipinski definition) is 0. The Hall–Kier alpha value is -1.72. The molecule has 23 heavy (non-hydrogen) atoms. The standard InChI is InChI=1S/C17H17ClN2O2S/c1-11-7-8-20(14-9-13(18)4-5-15(14)23-11)17(22)12-3-6-16(21)19(2)10-12/h3-6,9-11H,7-8H2,1-2H3. The van der Waals surface area contributed by atoms with Crippen molar-refractivity contribution in [1.29, 1.82) is 0 Å². The number of fused-ring (bicyclic) bond motifs is 1. The first-order valence-electron chi connectivity index (χ1n) is 7.40. The summed E-state index contributed by atoms with van der Waals surface area (Å²) in [5, 5.41) is 1.03. The lowest BCUT2D eigenvalue weighted by molar-refractivity contribution is 0.0985. The highest BCUT2D eigenvalue weighted by Gasteiger charge is 2.25. The first-order chi connectivity index (χ1) is 11.0. The van der Waals surface area contributed by atoms with Crippen LogP contribution in [0.25, 0.3) is 0 Å². The van der Waals surface area contributed by atoms with Crippen molar-refractivity contribution >= 4 is 35.0 Å². The molecular formula is C17H17ClN2O2S. The molecule has 2 heterocycles. The fraction of sp³-hybridized carbons (Fsp3) is 0.294. The summed E-state index contributed by atoms with van der Waals surface area (Å²) in [5.74, 6) is -0.112. The number of aromatic nitrogens is 1. The summed E-state index contributed by atoms with van der Waals surface area (Å²) in [6, 6.07) is 8.64. The number of halogens is 1. The molecule has 120 valence electrons. The fourth-order valence-corrected chi connectivity index (χ4v) is 3.85. The maximum Gasteiger partial charge on any atom is 0.259 e. The third-order valence-corrected chi connectivity index (χ3v) is 5.35. The molecule has 2 aromatic rings. The van der Waals surface area contributed by atoms with E-state index in [9.17, 15) is 9.59 Å². The number of carbonyl (C=O) groups is 1. The molecule has 0 N–H and O–H groups in total. The van der Waals surface area contributed by atoms with E-state index in [1.807, 2.05) is 18.2 Å². The highest BCUT2D eigenvalue weighted by Crippen LogP contribution is 2.39. The average Bonchev–Trinajstić information content (AvgIpc) is 2.67. The number of pyridine rings is 1. The lowest BCUT2D eigenvalue weighted by atomic mass is 10.2. The van der Waals surface area contributed by atoms with Gasteiger partial charge in [-0.15, -0.1) is 11.8 Å². The molecule has 0 spiro atoms. The van der Waals surface area contributed by atoms with Gasteiger partial charge in [0.15, 0.2) is 0 Å². The zero-order valence-electron chi connectivity index (χ0n) is 13.0. The van der Waals surface area contributed by atoms with E-state index in [1.54, 1.807) is 36.0 Å². The van der Waals surface area contributed by atoms with Gasteiger partial charge in [0, 0.05) is 41.0 Å². The monoisotopic (exact) mass is 348 g/mol. The molecule has 0 saturated heterocycles. The van der Waals surface area contributed by atoms with Gasteiger partial charge in [-0.3, -0.25) is 9.59 Å². The van der Waals surface area contributed by atoms with Gasteiger partial charge >= 0.3 is 0 Å². The first-order valence-corrected chi connectivity index (χ1v) is 8.66. The third-order valence-electron chi connectivity index (χ3n) is 3.88. The van der Waals surface area contributed by atoms with E-state index in [0.29, 0.717) is 22.4 Å². The van der Waals surface area contributed by atoms with Gasteiger partial charge < -0.3 is 9.47 Å². The van der Waals surface area contributed by atoms with Crippen molar-refractivity contribution < 1.29 is 4.79 Å². The Labute approximate surface area is 144 Å². The van der Waals surface area contributed by atoms with Crippen LogP contribution in [0.15, 0.2) is 46.2 Å². The van der Waals surface area contributed by atoms with Crippen LogP contribution < -0.4 is 10.5 Å². The van der Waals surface area contributed by atoms with E-state index in [2.05, 4.69) is 6.92 Å². The number of anilines is 1. The van der Waals surface area contributed by atoms with Crippen LogP contribution >= 0.6 is 23.4 Å². The van der Waals surface area contributed by atoms with Crippen LogP contribution in [0.3, 0.4) is 0 Å². The van der Waals surface area contributed by atoms with Crippen LogP contribution in [0.4, 0.5) is 5.69 Å². The van der Waals surface area contributed by atoms with E-state index in [0.717, 1.165) is 17.0 Å². The number of rotatable bonds is 1. The molecule has 1 aromatic carbocycles. The van der Waals surface area contributed by atoms with Crippen LogP contribution in [0, 0.1) is 0 Å². The molecule has 0 radical (unpaired) electrons. The topological polar surface area (TPSA) is 42.3 Å². The quantitative estimate of drug-likeness (QED) is 0.791. The zero-order chi connectivity index (χ0) is 16.6. The Kier molecular flexibility index (Phi) is 4.50. The summed E-state index contributed by atoms with van der Waals surface area (Å²) < 4.78 is 1.42. The van der Waals surface area contributed by atoms with Gasteiger partial charge in [0.05, 0.1) is 11.3 Å². The molecule has 4 nitrogen and oxygen atoms in total. The summed E-state index contributed by atoms with van der Waals surface area (Å²) in [6.07, 6.45) is 2.48. The third kappa shape index (κ3) is 3.31. The maximum atomic E-state index is 13.0. The van der Waals surface area contributed by atoms with E-state index in [4.69, 9.17) is 11.6 Å². The lowest BCUT2D eigenvalue weighted by Gasteiger charge is -2.23. The Bertz CT molecular complexity index is 818. The first kappa shape index (κ1) is 16.1. The van der Waals surface area contributed by atoms with Crippen molar-refractivity contribution in [2.45, 2.75) is 23.5 Å². The second-order valence-electron chi connectivity index (χ2n) is 5.65. The highest BCUT2D eigenvalue weighted by molar-refractivity contribution is 8.00. The van der Waals surface area contributed by atoms with Gasteiger partial charge in [0.2, 0.25) is 5.56 Å². The second kappa shape index (κ2) is 6.42. The number of amides is 1. The summed E-state index contributed by atoms with van der Waals surface area (Å²) in [4.78, 5) is 27.3. The number of hydrogen-bond acceptors (Lipinski definition) is 3. The molecular weight excluding hydrogens is 332 g/mol. The van der Waals surface area contributed by atoms with Crippen molar-refractivity contribution in [1.82, 2.24) is 4.57 Å². The van der Waals surface area contributed by atoms with Crippen LogP contribution in [-0.4, -0.2) is 22.3 Å². The molecule has 6 heteroatoms. The lowest BCUT2D eigenvalue weighted by Crippen LogP contribution is -2.33. The fourth-order valence-electron chi connectivity index (χ4n) is 2.60. The molecule has 0 saturated carbocycles. The minimum absolute atomic E-state index is 0.112. The van der Waals surface area contributed by atoms with Gasteiger partial charge in [0.1, 0.15) is 0 Å².